The number of fused-ring (bicyclic) bond motifs is 1. The van der Waals surface area contributed by atoms with Crippen molar-refractivity contribution < 1.29 is 19.1 Å². The van der Waals surface area contributed by atoms with Crippen molar-refractivity contribution >= 4 is 23.2 Å². The van der Waals surface area contributed by atoms with Gasteiger partial charge < -0.3 is 19.7 Å². The minimum Gasteiger partial charge on any atom is -0.489 e. The van der Waals surface area contributed by atoms with E-state index >= 15 is 0 Å². The molecule has 6 nitrogen and oxygen atoms in total. The number of carbonyl (C=O) groups is 2. The molecule has 1 aliphatic heterocycles. The first-order valence-corrected chi connectivity index (χ1v) is 10.3. The van der Waals surface area contributed by atoms with Crippen LogP contribution in [0.5, 0.6) is 11.5 Å². The Hall–Kier alpha value is -3.80. The number of benzene rings is 3. The summed E-state index contributed by atoms with van der Waals surface area (Å²) in [5.74, 6) is 1.02. The zero-order valence-corrected chi connectivity index (χ0v) is 17.3. The van der Waals surface area contributed by atoms with Crippen LogP contribution in [-0.2, 0) is 11.4 Å². The summed E-state index contributed by atoms with van der Waals surface area (Å²) in [4.78, 5) is 26.6. The van der Waals surface area contributed by atoms with Crippen LogP contribution < -0.4 is 19.7 Å². The lowest BCUT2D eigenvalue weighted by atomic mass is 10.1. The van der Waals surface area contributed by atoms with Crippen LogP contribution in [0.15, 0.2) is 72.8 Å². The Kier molecular flexibility index (Phi) is 6.17. The molecule has 0 atom stereocenters. The SMILES string of the molecule is CCCN1C(=O)COc2ccc(NC(=O)c3ccc(OCc4ccccc4)cc3)cc21. The first-order valence-electron chi connectivity index (χ1n) is 10.3. The number of carbonyl (C=O) groups excluding carboxylic acids is 2. The van der Waals surface area contributed by atoms with Gasteiger partial charge in [0.2, 0.25) is 0 Å². The van der Waals surface area contributed by atoms with Crippen molar-refractivity contribution in [2.45, 2.75) is 20.0 Å². The second-order valence-corrected chi connectivity index (χ2v) is 7.27. The summed E-state index contributed by atoms with van der Waals surface area (Å²) in [6.07, 6.45) is 0.834. The molecule has 0 aliphatic carbocycles. The number of amides is 2. The molecule has 0 fully saturated rings. The van der Waals surface area contributed by atoms with Gasteiger partial charge in [0.15, 0.2) is 6.61 Å². The van der Waals surface area contributed by atoms with Crippen LogP contribution in [0.1, 0.15) is 29.3 Å². The molecule has 6 heteroatoms. The van der Waals surface area contributed by atoms with E-state index in [1.165, 1.54) is 0 Å². The smallest absolute Gasteiger partial charge is 0.265 e. The van der Waals surface area contributed by atoms with Crippen LogP contribution in [0, 0.1) is 0 Å². The first-order chi connectivity index (χ1) is 15.1. The minimum atomic E-state index is -0.236. The van der Waals surface area contributed by atoms with E-state index in [4.69, 9.17) is 9.47 Å². The molecule has 158 valence electrons. The number of ether oxygens (including phenoxy) is 2. The van der Waals surface area contributed by atoms with E-state index < -0.39 is 0 Å². The zero-order valence-electron chi connectivity index (χ0n) is 17.3. The summed E-state index contributed by atoms with van der Waals surface area (Å²) < 4.78 is 11.3. The molecular formula is C25H24N2O4. The van der Waals surface area contributed by atoms with Gasteiger partial charge >= 0.3 is 0 Å². The fourth-order valence-corrected chi connectivity index (χ4v) is 3.40. The number of nitrogens with one attached hydrogen (secondary N) is 1. The Bertz CT molecular complexity index is 1060. The third kappa shape index (κ3) is 4.86. The molecule has 0 saturated carbocycles. The van der Waals surface area contributed by atoms with E-state index in [2.05, 4.69) is 5.32 Å². The van der Waals surface area contributed by atoms with E-state index in [0.717, 1.165) is 12.0 Å². The van der Waals surface area contributed by atoms with Crippen LogP contribution in [0.4, 0.5) is 11.4 Å². The van der Waals surface area contributed by atoms with Gasteiger partial charge in [-0.1, -0.05) is 37.3 Å². The molecule has 3 aromatic rings. The normalized spacial score (nSPS) is 12.7. The Morgan fingerprint density at radius 2 is 1.84 bits per heavy atom. The van der Waals surface area contributed by atoms with Crippen LogP contribution in [0.3, 0.4) is 0 Å². The van der Waals surface area contributed by atoms with Gasteiger partial charge in [0.1, 0.15) is 18.1 Å². The van der Waals surface area contributed by atoms with Crippen molar-refractivity contribution in [3.8, 4) is 11.5 Å². The van der Waals surface area contributed by atoms with Gasteiger partial charge in [0, 0.05) is 17.8 Å². The molecule has 1 heterocycles. The molecule has 1 N–H and O–H groups in total. The molecule has 0 saturated heterocycles. The summed E-state index contributed by atoms with van der Waals surface area (Å²) in [6.45, 7) is 3.13. The van der Waals surface area contributed by atoms with Gasteiger partial charge in [-0.2, -0.15) is 0 Å². The van der Waals surface area contributed by atoms with E-state index in [1.54, 1.807) is 47.4 Å². The van der Waals surface area contributed by atoms with Crippen molar-refractivity contribution in [1.82, 2.24) is 0 Å². The lowest BCUT2D eigenvalue weighted by Crippen LogP contribution is -2.39. The lowest BCUT2D eigenvalue weighted by Gasteiger charge is -2.29. The molecule has 3 aromatic carbocycles. The van der Waals surface area contributed by atoms with Crippen molar-refractivity contribution in [2.24, 2.45) is 0 Å². The van der Waals surface area contributed by atoms with Gasteiger partial charge in [-0.05, 0) is 54.4 Å². The molecule has 1 aliphatic rings. The molecule has 2 amide bonds. The highest BCUT2D eigenvalue weighted by molar-refractivity contribution is 6.05. The van der Waals surface area contributed by atoms with Crippen LogP contribution in [0.2, 0.25) is 0 Å². The maximum atomic E-state index is 12.7. The van der Waals surface area contributed by atoms with Gasteiger partial charge in [-0.15, -0.1) is 0 Å². The predicted octanol–water partition coefficient (Wildman–Crippen LogP) is 4.65. The van der Waals surface area contributed by atoms with E-state index in [1.807, 2.05) is 37.3 Å². The minimum absolute atomic E-state index is 0.0391. The monoisotopic (exact) mass is 416 g/mol. The molecule has 4 rings (SSSR count). The summed E-state index contributed by atoms with van der Waals surface area (Å²) in [7, 11) is 0. The zero-order chi connectivity index (χ0) is 21.6. The number of nitrogens with zero attached hydrogens (tertiary/aromatic N) is 1. The van der Waals surface area contributed by atoms with Gasteiger partial charge in [-0.25, -0.2) is 0 Å². The Morgan fingerprint density at radius 3 is 2.58 bits per heavy atom. The predicted molar refractivity (Wildman–Crippen MR) is 120 cm³/mol. The number of rotatable bonds is 7. The summed E-state index contributed by atoms with van der Waals surface area (Å²) in [5.41, 5.74) is 2.88. The highest BCUT2D eigenvalue weighted by Crippen LogP contribution is 2.34. The summed E-state index contributed by atoms with van der Waals surface area (Å²) >= 11 is 0. The lowest BCUT2D eigenvalue weighted by molar-refractivity contribution is -0.121. The standard InChI is InChI=1S/C25H24N2O4/c1-2-14-27-22-15-20(10-13-23(22)31-17-24(27)28)26-25(29)19-8-11-21(12-9-19)30-16-18-6-4-3-5-7-18/h3-13,15H,2,14,16-17H2,1H3,(H,26,29). The first kappa shape index (κ1) is 20.5. The molecule has 0 aromatic heterocycles. The van der Waals surface area contributed by atoms with Crippen molar-refractivity contribution in [3.05, 3.63) is 83.9 Å². The Balaban J connectivity index is 1.42. The van der Waals surface area contributed by atoms with Crippen molar-refractivity contribution in [2.75, 3.05) is 23.4 Å². The van der Waals surface area contributed by atoms with Crippen LogP contribution in [-0.4, -0.2) is 25.0 Å². The van der Waals surface area contributed by atoms with Crippen molar-refractivity contribution in [1.29, 1.82) is 0 Å². The van der Waals surface area contributed by atoms with Crippen LogP contribution in [0.25, 0.3) is 0 Å². The van der Waals surface area contributed by atoms with E-state index in [9.17, 15) is 9.59 Å². The van der Waals surface area contributed by atoms with Gasteiger partial charge in [0.25, 0.3) is 11.8 Å². The fraction of sp³-hybridized carbons (Fsp3) is 0.200. The number of anilines is 2. The fourth-order valence-electron chi connectivity index (χ4n) is 3.40. The third-order valence-corrected chi connectivity index (χ3v) is 4.97. The third-order valence-electron chi connectivity index (χ3n) is 4.97. The molecule has 31 heavy (non-hydrogen) atoms. The van der Waals surface area contributed by atoms with Gasteiger partial charge in [0.05, 0.1) is 5.69 Å². The highest BCUT2D eigenvalue weighted by atomic mass is 16.5. The maximum absolute atomic E-state index is 12.7. The average Bonchev–Trinajstić information content (AvgIpc) is 2.81. The van der Waals surface area contributed by atoms with Crippen LogP contribution >= 0.6 is 0 Å². The topological polar surface area (TPSA) is 67.9 Å². The maximum Gasteiger partial charge on any atom is 0.265 e. The Morgan fingerprint density at radius 1 is 1.06 bits per heavy atom. The second-order valence-electron chi connectivity index (χ2n) is 7.27. The molecule has 0 bridgehead atoms. The highest BCUT2D eigenvalue weighted by Gasteiger charge is 2.25. The molecule has 0 radical (unpaired) electrons. The van der Waals surface area contributed by atoms with Gasteiger partial charge in [-0.3, -0.25) is 9.59 Å². The van der Waals surface area contributed by atoms with Crippen molar-refractivity contribution in [3.63, 3.8) is 0 Å². The van der Waals surface area contributed by atoms with E-state index in [0.29, 0.717) is 41.6 Å². The molecular weight excluding hydrogens is 392 g/mol. The molecule has 0 unspecified atom stereocenters. The largest absolute Gasteiger partial charge is 0.489 e. The number of hydrogen-bond acceptors (Lipinski definition) is 4. The summed E-state index contributed by atoms with van der Waals surface area (Å²) in [6, 6.07) is 22.2. The number of hydrogen-bond donors (Lipinski definition) is 1. The quantitative estimate of drug-likeness (QED) is 0.609. The molecule has 0 spiro atoms. The summed E-state index contributed by atoms with van der Waals surface area (Å²) in [5, 5.41) is 2.89. The average molecular weight is 416 g/mol. The van der Waals surface area contributed by atoms with E-state index in [-0.39, 0.29) is 18.4 Å². The second kappa shape index (κ2) is 9.34. The Labute approximate surface area is 181 Å².